The summed E-state index contributed by atoms with van der Waals surface area (Å²) in [6, 6.07) is 5.70. The van der Waals surface area contributed by atoms with Crippen molar-refractivity contribution in [2.75, 3.05) is 19.6 Å². The zero-order chi connectivity index (χ0) is 12.3. The topological polar surface area (TPSA) is 24.1 Å². The van der Waals surface area contributed by atoms with Crippen LogP contribution in [0.3, 0.4) is 0 Å². The Balaban J connectivity index is 1.98. The van der Waals surface area contributed by atoms with Gasteiger partial charge in [0, 0.05) is 25.7 Å². The summed E-state index contributed by atoms with van der Waals surface area (Å²) < 4.78 is 37.1. The fourth-order valence-corrected chi connectivity index (χ4v) is 1.97. The fraction of sp³-hybridized carbons (Fsp3) is 0.500. The third-order valence-electron chi connectivity index (χ3n) is 2.89. The van der Waals surface area contributed by atoms with E-state index in [2.05, 4.69) is 10.6 Å². The first kappa shape index (κ1) is 12.4. The Hall–Kier alpha value is -1.07. The number of hydrogen-bond donors (Lipinski definition) is 2. The molecule has 5 heteroatoms. The molecule has 0 aliphatic carbocycles. The first-order chi connectivity index (χ1) is 8.05. The van der Waals surface area contributed by atoms with Gasteiger partial charge in [0.25, 0.3) is 0 Å². The van der Waals surface area contributed by atoms with Gasteiger partial charge in [0.15, 0.2) is 0 Å². The summed E-state index contributed by atoms with van der Waals surface area (Å²) in [5.41, 5.74) is 0.343. The molecule has 0 amide bonds. The van der Waals surface area contributed by atoms with Gasteiger partial charge < -0.3 is 10.6 Å². The molecule has 0 bridgehead atoms. The molecule has 0 aromatic heterocycles. The third kappa shape index (κ3) is 3.44. The number of piperazine rings is 1. The second-order valence-electron chi connectivity index (χ2n) is 4.25. The van der Waals surface area contributed by atoms with E-state index in [4.69, 9.17) is 0 Å². The maximum atomic E-state index is 12.4. The quantitative estimate of drug-likeness (QED) is 0.829. The van der Waals surface area contributed by atoms with Crippen molar-refractivity contribution in [3.05, 3.63) is 35.4 Å². The number of hydrogen-bond acceptors (Lipinski definition) is 2. The molecule has 2 rings (SSSR count). The monoisotopic (exact) mass is 244 g/mol. The van der Waals surface area contributed by atoms with Crippen molar-refractivity contribution in [1.82, 2.24) is 10.6 Å². The van der Waals surface area contributed by atoms with E-state index in [1.165, 1.54) is 0 Å². The summed E-state index contributed by atoms with van der Waals surface area (Å²) >= 11 is 0. The minimum atomic E-state index is -4.25. The normalized spacial score (nSPS) is 21.5. The number of alkyl halides is 3. The molecule has 1 heterocycles. The molecule has 94 valence electrons. The smallest absolute Gasteiger partial charge is 0.314 e. The van der Waals surface area contributed by atoms with Crippen LogP contribution >= 0.6 is 0 Å². The Kier molecular flexibility index (Phi) is 3.69. The SMILES string of the molecule is FC(F)(F)c1ccc(C[C@@H]2CNCCN2)cc1. The highest BCUT2D eigenvalue weighted by molar-refractivity contribution is 5.25. The third-order valence-corrected chi connectivity index (χ3v) is 2.89. The van der Waals surface area contributed by atoms with Crippen LogP contribution in [0.2, 0.25) is 0 Å². The van der Waals surface area contributed by atoms with Crippen molar-refractivity contribution in [2.45, 2.75) is 18.6 Å². The van der Waals surface area contributed by atoms with Gasteiger partial charge in [-0.3, -0.25) is 0 Å². The van der Waals surface area contributed by atoms with Crippen molar-refractivity contribution in [3.63, 3.8) is 0 Å². The average molecular weight is 244 g/mol. The number of rotatable bonds is 2. The summed E-state index contributed by atoms with van der Waals surface area (Å²) in [4.78, 5) is 0. The van der Waals surface area contributed by atoms with E-state index in [9.17, 15) is 13.2 Å². The minimum absolute atomic E-state index is 0.306. The molecule has 0 radical (unpaired) electrons. The first-order valence-corrected chi connectivity index (χ1v) is 5.66. The Morgan fingerprint density at radius 2 is 1.82 bits per heavy atom. The van der Waals surface area contributed by atoms with Crippen LogP contribution in [-0.4, -0.2) is 25.7 Å². The van der Waals surface area contributed by atoms with Crippen molar-refractivity contribution in [3.8, 4) is 0 Å². The van der Waals surface area contributed by atoms with Crippen LogP contribution in [0, 0.1) is 0 Å². The van der Waals surface area contributed by atoms with Crippen molar-refractivity contribution < 1.29 is 13.2 Å². The standard InChI is InChI=1S/C12H15F3N2/c13-12(14,15)10-3-1-9(2-4-10)7-11-8-16-5-6-17-11/h1-4,11,16-17H,5-8H2/t11-/m1/s1. The molecule has 0 saturated carbocycles. The van der Waals surface area contributed by atoms with Crippen molar-refractivity contribution in [1.29, 1.82) is 0 Å². The summed E-state index contributed by atoms with van der Waals surface area (Å²) in [5.74, 6) is 0. The highest BCUT2D eigenvalue weighted by atomic mass is 19.4. The van der Waals surface area contributed by atoms with Crippen LogP contribution in [0.4, 0.5) is 13.2 Å². The summed E-state index contributed by atoms with van der Waals surface area (Å²) in [7, 11) is 0. The number of benzene rings is 1. The maximum absolute atomic E-state index is 12.4. The van der Waals surface area contributed by atoms with Crippen LogP contribution in [0.1, 0.15) is 11.1 Å². The summed E-state index contributed by atoms with van der Waals surface area (Å²) in [6.07, 6.45) is -3.49. The van der Waals surface area contributed by atoms with Crippen LogP contribution in [0.5, 0.6) is 0 Å². The minimum Gasteiger partial charge on any atom is -0.314 e. The lowest BCUT2D eigenvalue weighted by molar-refractivity contribution is -0.137. The van der Waals surface area contributed by atoms with Gasteiger partial charge in [-0.2, -0.15) is 13.2 Å². The summed E-state index contributed by atoms with van der Waals surface area (Å²) in [6.45, 7) is 2.72. The van der Waals surface area contributed by atoms with E-state index < -0.39 is 11.7 Å². The lowest BCUT2D eigenvalue weighted by Crippen LogP contribution is -2.49. The molecule has 0 spiro atoms. The zero-order valence-electron chi connectivity index (χ0n) is 9.35. The van der Waals surface area contributed by atoms with E-state index in [1.807, 2.05) is 0 Å². The van der Waals surface area contributed by atoms with Crippen LogP contribution < -0.4 is 10.6 Å². The Labute approximate surface area is 98.2 Å². The average Bonchev–Trinajstić information content (AvgIpc) is 2.30. The number of nitrogens with one attached hydrogen (secondary N) is 2. The van der Waals surface area contributed by atoms with E-state index in [0.717, 1.165) is 43.8 Å². The fourth-order valence-electron chi connectivity index (χ4n) is 1.97. The van der Waals surface area contributed by atoms with E-state index in [-0.39, 0.29) is 0 Å². The second-order valence-corrected chi connectivity index (χ2v) is 4.25. The Morgan fingerprint density at radius 1 is 1.12 bits per heavy atom. The van der Waals surface area contributed by atoms with Gasteiger partial charge in [0.1, 0.15) is 0 Å². The largest absolute Gasteiger partial charge is 0.416 e. The van der Waals surface area contributed by atoms with Gasteiger partial charge in [-0.15, -0.1) is 0 Å². The molecule has 1 aromatic carbocycles. The predicted molar refractivity (Wildman–Crippen MR) is 59.8 cm³/mol. The Bertz CT molecular complexity index is 353. The second kappa shape index (κ2) is 5.06. The van der Waals surface area contributed by atoms with E-state index in [1.54, 1.807) is 12.1 Å². The predicted octanol–water partition coefficient (Wildman–Crippen LogP) is 1.81. The van der Waals surface area contributed by atoms with Crippen LogP contribution in [-0.2, 0) is 12.6 Å². The van der Waals surface area contributed by atoms with Gasteiger partial charge in [-0.1, -0.05) is 12.1 Å². The zero-order valence-corrected chi connectivity index (χ0v) is 9.35. The molecular weight excluding hydrogens is 229 g/mol. The lowest BCUT2D eigenvalue weighted by atomic mass is 10.0. The van der Waals surface area contributed by atoms with Gasteiger partial charge >= 0.3 is 6.18 Å². The molecule has 2 N–H and O–H groups in total. The molecular formula is C12H15F3N2. The maximum Gasteiger partial charge on any atom is 0.416 e. The van der Waals surface area contributed by atoms with Gasteiger partial charge in [0.2, 0.25) is 0 Å². The van der Waals surface area contributed by atoms with E-state index in [0.29, 0.717) is 6.04 Å². The van der Waals surface area contributed by atoms with Gasteiger partial charge in [-0.05, 0) is 24.1 Å². The molecule has 1 fully saturated rings. The number of halogens is 3. The lowest BCUT2D eigenvalue weighted by Gasteiger charge is -2.24. The first-order valence-electron chi connectivity index (χ1n) is 5.66. The van der Waals surface area contributed by atoms with Crippen molar-refractivity contribution in [2.24, 2.45) is 0 Å². The Morgan fingerprint density at radius 3 is 2.35 bits per heavy atom. The highest BCUT2D eigenvalue weighted by Gasteiger charge is 2.29. The molecule has 1 saturated heterocycles. The molecule has 1 aromatic rings. The van der Waals surface area contributed by atoms with Crippen LogP contribution in [0.25, 0.3) is 0 Å². The molecule has 0 unspecified atom stereocenters. The van der Waals surface area contributed by atoms with Crippen molar-refractivity contribution >= 4 is 0 Å². The van der Waals surface area contributed by atoms with Crippen LogP contribution in [0.15, 0.2) is 24.3 Å². The molecule has 2 nitrogen and oxygen atoms in total. The molecule has 1 aliphatic heterocycles. The molecule has 1 atom stereocenters. The highest BCUT2D eigenvalue weighted by Crippen LogP contribution is 2.29. The molecule has 17 heavy (non-hydrogen) atoms. The summed E-state index contributed by atoms with van der Waals surface area (Å²) in [5, 5.41) is 6.58. The van der Waals surface area contributed by atoms with E-state index >= 15 is 0 Å². The van der Waals surface area contributed by atoms with Gasteiger partial charge in [-0.25, -0.2) is 0 Å². The van der Waals surface area contributed by atoms with Gasteiger partial charge in [0.05, 0.1) is 5.56 Å². The molecule has 1 aliphatic rings.